The van der Waals surface area contributed by atoms with E-state index in [4.69, 9.17) is 5.11 Å². The van der Waals surface area contributed by atoms with Crippen LogP contribution in [-0.4, -0.2) is 22.6 Å². The Hall–Kier alpha value is -2.75. The van der Waals surface area contributed by atoms with Crippen molar-refractivity contribution in [2.45, 2.75) is 12.8 Å². The third-order valence-electron chi connectivity index (χ3n) is 3.05. The molecule has 0 unspecified atom stereocenters. The number of hydrogen-bond donors (Lipinski definition) is 1. The van der Waals surface area contributed by atoms with Gasteiger partial charge in [-0.25, -0.2) is 4.79 Å². The highest BCUT2D eigenvalue weighted by atomic mass is 16.4. The minimum atomic E-state index is -1.71. The van der Waals surface area contributed by atoms with Crippen molar-refractivity contribution in [1.82, 2.24) is 0 Å². The molecule has 0 atom stereocenters. The molecule has 0 aliphatic carbocycles. The van der Waals surface area contributed by atoms with Crippen LogP contribution in [0.15, 0.2) is 54.6 Å². The molecule has 0 fully saturated rings. The quantitative estimate of drug-likeness (QED) is 0.650. The van der Waals surface area contributed by atoms with E-state index in [1.807, 2.05) is 42.5 Å². The van der Waals surface area contributed by atoms with Crippen LogP contribution < -0.4 is 0 Å². The Bertz CT molecular complexity index is 674. The molecule has 0 bridgehead atoms. The first-order valence-corrected chi connectivity index (χ1v) is 6.48. The average Bonchev–Trinajstić information content (AvgIpc) is 2.47. The summed E-state index contributed by atoms with van der Waals surface area (Å²) in [4.78, 5) is 33.0. The van der Waals surface area contributed by atoms with Crippen molar-refractivity contribution in [3.8, 4) is 0 Å². The van der Waals surface area contributed by atoms with E-state index in [2.05, 4.69) is 0 Å². The number of ketones is 2. The number of Topliss-reactive ketones (excluding diaryl/α,β-unsaturated/α-hetero) is 2. The van der Waals surface area contributed by atoms with E-state index >= 15 is 0 Å². The van der Waals surface area contributed by atoms with Gasteiger partial charge in [-0.15, -0.1) is 0 Å². The van der Waals surface area contributed by atoms with Gasteiger partial charge in [0.1, 0.15) is 0 Å². The van der Waals surface area contributed by atoms with Gasteiger partial charge in [-0.05, 0) is 23.1 Å². The van der Waals surface area contributed by atoms with E-state index in [1.54, 1.807) is 12.1 Å². The SMILES string of the molecule is O=C(O)C(=O)C(=O)Cc1cccc(Cc2ccccc2)c1. The highest BCUT2D eigenvalue weighted by molar-refractivity contribution is 6.61. The maximum atomic E-state index is 11.5. The first kappa shape index (κ1) is 14.7. The molecule has 2 aromatic carbocycles. The Labute approximate surface area is 122 Å². The van der Waals surface area contributed by atoms with Gasteiger partial charge in [0, 0.05) is 6.42 Å². The molecular formula is C17H14O4. The summed E-state index contributed by atoms with van der Waals surface area (Å²) in [7, 11) is 0. The lowest BCUT2D eigenvalue weighted by Crippen LogP contribution is -2.24. The molecule has 4 heteroatoms. The van der Waals surface area contributed by atoms with Crippen molar-refractivity contribution in [1.29, 1.82) is 0 Å². The largest absolute Gasteiger partial charge is 0.475 e. The lowest BCUT2D eigenvalue weighted by atomic mass is 10.00. The molecule has 0 aliphatic rings. The smallest absolute Gasteiger partial charge is 0.380 e. The molecule has 106 valence electrons. The van der Waals surface area contributed by atoms with Crippen molar-refractivity contribution in [2.24, 2.45) is 0 Å². The Morgan fingerprint density at radius 1 is 0.810 bits per heavy atom. The normalized spacial score (nSPS) is 10.1. The lowest BCUT2D eigenvalue weighted by Gasteiger charge is -2.05. The molecule has 0 spiro atoms. The number of benzene rings is 2. The molecule has 2 aromatic rings. The average molecular weight is 282 g/mol. The van der Waals surface area contributed by atoms with Crippen molar-refractivity contribution < 1.29 is 19.5 Å². The molecule has 0 aliphatic heterocycles. The van der Waals surface area contributed by atoms with Gasteiger partial charge < -0.3 is 5.11 Å². The Kier molecular flexibility index (Phi) is 4.61. The zero-order chi connectivity index (χ0) is 15.2. The van der Waals surface area contributed by atoms with Crippen LogP contribution in [0, 0.1) is 0 Å². The second-order valence-electron chi connectivity index (χ2n) is 4.72. The van der Waals surface area contributed by atoms with Crippen molar-refractivity contribution in [3.63, 3.8) is 0 Å². The van der Waals surface area contributed by atoms with E-state index in [-0.39, 0.29) is 6.42 Å². The van der Waals surface area contributed by atoms with Gasteiger partial charge in [0.05, 0.1) is 0 Å². The molecular weight excluding hydrogens is 268 g/mol. The highest BCUT2D eigenvalue weighted by Crippen LogP contribution is 2.12. The summed E-state index contributed by atoms with van der Waals surface area (Å²) in [5.41, 5.74) is 2.79. The standard InChI is InChI=1S/C17H14O4/c18-15(16(19)17(20)21)11-14-8-4-7-13(10-14)9-12-5-2-1-3-6-12/h1-8,10H,9,11H2,(H,20,21). The predicted octanol–water partition coefficient (Wildman–Crippen LogP) is 2.04. The maximum Gasteiger partial charge on any atom is 0.380 e. The number of carboxylic acid groups (broad SMARTS) is 1. The third kappa shape index (κ3) is 4.11. The Morgan fingerprint density at radius 3 is 2.10 bits per heavy atom. The summed E-state index contributed by atoms with van der Waals surface area (Å²) in [5, 5.41) is 8.51. The number of aliphatic carboxylic acids is 1. The number of carbonyl (C=O) groups is 3. The molecule has 0 saturated carbocycles. The van der Waals surface area contributed by atoms with E-state index in [1.165, 1.54) is 0 Å². The molecule has 0 saturated heterocycles. The number of hydrogen-bond acceptors (Lipinski definition) is 3. The van der Waals surface area contributed by atoms with Crippen molar-refractivity contribution >= 4 is 17.5 Å². The monoisotopic (exact) mass is 282 g/mol. The summed E-state index contributed by atoms with van der Waals surface area (Å²) in [6.07, 6.45) is 0.531. The van der Waals surface area contributed by atoms with Gasteiger partial charge in [0.25, 0.3) is 0 Å². The van der Waals surface area contributed by atoms with Gasteiger partial charge in [-0.3, -0.25) is 9.59 Å². The molecule has 1 N–H and O–H groups in total. The summed E-state index contributed by atoms with van der Waals surface area (Å²) < 4.78 is 0. The first-order chi connectivity index (χ1) is 10.1. The molecule has 0 amide bonds. The van der Waals surface area contributed by atoms with Crippen LogP contribution in [0.3, 0.4) is 0 Å². The zero-order valence-corrected chi connectivity index (χ0v) is 11.3. The fourth-order valence-corrected chi connectivity index (χ4v) is 2.07. The molecule has 21 heavy (non-hydrogen) atoms. The van der Waals surface area contributed by atoms with E-state index in [9.17, 15) is 14.4 Å². The van der Waals surface area contributed by atoms with Crippen LogP contribution in [0.2, 0.25) is 0 Å². The van der Waals surface area contributed by atoms with Crippen LogP contribution in [0.4, 0.5) is 0 Å². The van der Waals surface area contributed by atoms with Crippen molar-refractivity contribution in [3.05, 3.63) is 71.3 Å². The molecule has 2 rings (SSSR count). The molecule has 0 aromatic heterocycles. The zero-order valence-electron chi connectivity index (χ0n) is 11.3. The van der Waals surface area contributed by atoms with Crippen LogP contribution >= 0.6 is 0 Å². The van der Waals surface area contributed by atoms with E-state index in [0.29, 0.717) is 5.56 Å². The number of rotatable bonds is 6. The molecule has 4 nitrogen and oxygen atoms in total. The van der Waals surface area contributed by atoms with E-state index in [0.717, 1.165) is 17.5 Å². The second kappa shape index (κ2) is 6.61. The highest BCUT2D eigenvalue weighted by Gasteiger charge is 2.21. The maximum absolute atomic E-state index is 11.5. The minimum Gasteiger partial charge on any atom is -0.475 e. The predicted molar refractivity (Wildman–Crippen MR) is 77.0 cm³/mol. The van der Waals surface area contributed by atoms with Crippen LogP contribution in [0.5, 0.6) is 0 Å². The second-order valence-corrected chi connectivity index (χ2v) is 4.72. The number of carbonyl (C=O) groups excluding carboxylic acids is 2. The van der Waals surface area contributed by atoms with Crippen molar-refractivity contribution in [2.75, 3.05) is 0 Å². The molecule has 0 heterocycles. The lowest BCUT2D eigenvalue weighted by molar-refractivity contribution is -0.152. The van der Waals surface area contributed by atoms with Gasteiger partial charge in [0.15, 0.2) is 0 Å². The fourth-order valence-electron chi connectivity index (χ4n) is 2.07. The van der Waals surface area contributed by atoms with Gasteiger partial charge >= 0.3 is 11.8 Å². The van der Waals surface area contributed by atoms with Crippen LogP contribution in [-0.2, 0) is 27.2 Å². The van der Waals surface area contributed by atoms with Crippen LogP contribution in [0.25, 0.3) is 0 Å². The summed E-state index contributed by atoms with van der Waals surface area (Å²) in [5.74, 6) is -3.98. The summed E-state index contributed by atoms with van der Waals surface area (Å²) in [6, 6.07) is 17.1. The van der Waals surface area contributed by atoms with E-state index < -0.39 is 17.5 Å². The van der Waals surface area contributed by atoms with Gasteiger partial charge in [-0.2, -0.15) is 0 Å². The topological polar surface area (TPSA) is 71.4 Å². The Balaban J connectivity index is 2.09. The molecule has 0 radical (unpaired) electrons. The van der Waals surface area contributed by atoms with Crippen LogP contribution in [0.1, 0.15) is 16.7 Å². The van der Waals surface area contributed by atoms with Gasteiger partial charge in [0.2, 0.25) is 5.78 Å². The summed E-state index contributed by atoms with van der Waals surface area (Å²) in [6.45, 7) is 0. The first-order valence-electron chi connectivity index (χ1n) is 6.48. The fraction of sp³-hybridized carbons (Fsp3) is 0.118. The minimum absolute atomic E-state index is 0.187. The number of carboxylic acids is 1. The summed E-state index contributed by atoms with van der Waals surface area (Å²) >= 11 is 0. The Morgan fingerprint density at radius 2 is 1.43 bits per heavy atom. The van der Waals surface area contributed by atoms with Gasteiger partial charge in [-0.1, -0.05) is 54.6 Å². The third-order valence-corrected chi connectivity index (χ3v) is 3.05.